The highest BCUT2D eigenvalue weighted by atomic mass is 32.1. The second-order valence-corrected chi connectivity index (χ2v) is 7.01. The van der Waals surface area contributed by atoms with Crippen LogP contribution in [0.4, 0.5) is 5.13 Å². The van der Waals surface area contributed by atoms with Gasteiger partial charge in [-0.3, -0.25) is 4.79 Å². The number of ether oxygens (including phenoxy) is 1. The van der Waals surface area contributed by atoms with E-state index < -0.39 is 0 Å². The Balaban J connectivity index is 1.67. The normalized spacial score (nSPS) is 11.2. The summed E-state index contributed by atoms with van der Waals surface area (Å²) in [6, 6.07) is 5.55. The van der Waals surface area contributed by atoms with E-state index in [1.165, 1.54) is 11.3 Å². The average molecular weight is 345 g/mol. The lowest BCUT2D eigenvalue weighted by molar-refractivity contribution is -0.115. The Labute approximate surface area is 143 Å². The van der Waals surface area contributed by atoms with Crippen molar-refractivity contribution in [1.29, 1.82) is 0 Å². The first kappa shape index (κ1) is 16.4. The fourth-order valence-corrected chi connectivity index (χ4v) is 3.37. The molecule has 24 heavy (non-hydrogen) atoms. The monoisotopic (exact) mass is 345 g/mol. The van der Waals surface area contributed by atoms with E-state index in [1.54, 1.807) is 19.4 Å². The van der Waals surface area contributed by atoms with E-state index >= 15 is 0 Å². The molecule has 1 N–H and O–H groups in total. The SMILES string of the molecule is COc1ccc2c(CC(=O)Nc3nnc(CC(C)C)s3)coc2c1. The highest BCUT2D eigenvalue weighted by molar-refractivity contribution is 7.15. The van der Waals surface area contributed by atoms with Gasteiger partial charge in [0.2, 0.25) is 11.0 Å². The van der Waals surface area contributed by atoms with Gasteiger partial charge in [-0.15, -0.1) is 10.2 Å². The maximum atomic E-state index is 12.2. The van der Waals surface area contributed by atoms with Gasteiger partial charge in [0.05, 0.1) is 19.8 Å². The van der Waals surface area contributed by atoms with Gasteiger partial charge in [-0.1, -0.05) is 25.2 Å². The largest absolute Gasteiger partial charge is 0.497 e. The molecule has 0 aliphatic carbocycles. The van der Waals surface area contributed by atoms with Crippen LogP contribution in [0.25, 0.3) is 11.0 Å². The fraction of sp³-hybridized carbons (Fsp3) is 0.353. The summed E-state index contributed by atoms with van der Waals surface area (Å²) in [5.74, 6) is 1.09. The van der Waals surface area contributed by atoms with Gasteiger partial charge in [0.1, 0.15) is 16.3 Å². The number of nitrogens with zero attached hydrogens (tertiary/aromatic N) is 2. The van der Waals surface area contributed by atoms with Gasteiger partial charge in [0.15, 0.2) is 0 Å². The minimum Gasteiger partial charge on any atom is -0.497 e. The molecule has 3 aromatic rings. The molecule has 0 saturated heterocycles. The minimum absolute atomic E-state index is 0.138. The average Bonchev–Trinajstić information content (AvgIpc) is 3.13. The number of methoxy groups -OCH3 is 1. The third kappa shape index (κ3) is 3.73. The summed E-state index contributed by atoms with van der Waals surface area (Å²) in [7, 11) is 1.61. The van der Waals surface area contributed by atoms with Crippen molar-refractivity contribution in [3.8, 4) is 5.75 Å². The molecule has 0 unspecified atom stereocenters. The first-order valence-corrected chi connectivity index (χ1v) is 8.53. The number of carbonyl (C=O) groups is 1. The third-order valence-electron chi connectivity index (χ3n) is 3.51. The van der Waals surface area contributed by atoms with E-state index in [2.05, 4.69) is 29.4 Å². The zero-order chi connectivity index (χ0) is 17.1. The highest BCUT2D eigenvalue weighted by Crippen LogP contribution is 2.26. The van der Waals surface area contributed by atoms with Gasteiger partial charge < -0.3 is 14.5 Å². The van der Waals surface area contributed by atoms with Crippen LogP contribution in [0.5, 0.6) is 5.75 Å². The van der Waals surface area contributed by atoms with Gasteiger partial charge in [-0.25, -0.2) is 0 Å². The Hall–Kier alpha value is -2.41. The Morgan fingerprint density at radius 3 is 2.96 bits per heavy atom. The van der Waals surface area contributed by atoms with Gasteiger partial charge in [-0.2, -0.15) is 0 Å². The minimum atomic E-state index is -0.138. The third-order valence-corrected chi connectivity index (χ3v) is 4.37. The summed E-state index contributed by atoms with van der Waals surface area (Å²) < 4.78 is 10.7. The van der Waals surface area contributed by atoms with Crippen molar-refractivity contribution < 1.29 is 13.9 Å². The lowest BCUT2D eigenvalue weighted by Gasteiger charge is -2.01. The number of furan rings is 1. The topological polar surface area (TPSA) is 77.2 Å². The zero-order valence-electron chi connectivity index (χ0n) is 13.8. The van der Waals surface area contributed by atoms with Gasteiger partial charge in [0.25, 0.3) is 0 Å². The summed E-state index contributed by atoms with van der Waals surface area (Å²) in [6.45, 7) is 4.25. The molecule has 0 aliphatic heterocycles. The van der Waals surface area contributed by atoms with Crippen LogP contribution in [0.3, 0.4) is 0 Å². The van der Waals surface area contributed by atoms with E-state index in [-0.39, 0.29) is 12.3 Å². The summed E-state index contributed by atoms with van der Waals surface area (Å²) >= 11 is 1.42. The van der Waals surface area contributed by atoms with Crippen molar-refractivity contribution in [2.24, 2.45) is 5.92 Å². The van der Waals surface area contributed by atoms with Crippen molar-refractivity contribution in [3.63, 3.8) is 0 Å². The standard InChI is InChI=1S/C17H19N3O3S/c1-10(2)6-16-19-20-17(24-16)18-15(21)7-11-9-23-14-8-12(22-3)4-5-13(11)14/h4-5,8-10H,6-7H2,1-3H3,(H,18,20,21). The number of rotatable bonds is 6. The Kier molecular flexibility index (Phi) is 4.80. The molecule has 0 spiro atoms. The smallest absolute Gasteiger partial charge is 0.230 e. The molecule has 0 bridgehead atoms. The quantitative estimate of drug-likeness (QED) is 0.737. The molecule has 2 aromatic heterocycles. The number of benzene rings is 1. The summed E-state index contributed by atoms with van der Waals surface area (Å²) in [5, 5.41) is 13.3. The van der Waals surface area contributed by atoms with Gasteiger partial charge >= 0.3 is 0 Å². The van der Waals surface area contributed by atoms with E-state index in [0.717, 1.165) is 28.1 Å². The number of carbonyl (C=O) groups excluding carboxylic acids is 1. The molecule has 0 fully saturated rings. The number of fused-ring (bicyclic) bond motifs is 1. The predicted molar refractivity (Wildman–Crippen MR) is 93.6 cm³/mol. The molecule has 6 nitrogen and oxygen atoms in total. The number of anilines is 1. The molecule has 2 heterocycles. The van der Waals surface area contributed by atoms with E-state index in [9.17, 15) is 4.79 Å². The maximum absolute atomic E-state index is 12.2. The van der Waals surface area contributed by atoms with Crippen LogP contribution in [-0.4, -0.2) is 23.2 Å². The maximum Gasteiger partial charge on any atom is 0.230 e. The van der Waals surface area contributed by atoms with E-state index in [0.29, 0.717) is 16.6 Å². The van der Waals surface area contributed by atoms with Crippen molar-refractivity contribution >= 4 is 33.3 Å². The molecule has 0 atom stereocenters. The van der Waals surface area contributed by atoms with Crippen molar-refractivity contribution in [2.75, 3.05) is 12.4 Å². The van der Waals surface area contributed by atoms with Crippen LogP contribution < -0.4 is 10.1 Å². The first-order chi connectivity index (χ1) is 11.5. The molecule has 7 heteroatoms. The lowest BCUT2D eigenvalue weighted by atomic mass is 10.1. The molecule has 0 radical (unpaired) electrons. The number of aromatic nitrogens is 2. The van der Waals surface area contributed by atoms with Crippen LogP contribution in [0, 0.1) is 5.92 Å². The number of hydrogen-bond acceptors (Lipinski definition) is 6. The van der Waals surface area contributed by atoms with Crippen LogP contribution in [0.2, 0.25) is 0 Å². The highest BCUT2D eigenvalue weighted by Gasteiger charge is 2.13. The van der Waals surface area contributed by atoms with Crippen molar-refractivity contribution in [2.45, 2.75) is 26.7 Å². The van der Waals surface area contributed by atoms with Crippen LogP contribution in [-0.2, 0) is 17.6 Å². The van der Waals surface area contributed by atoms with Crippen molar-refractivity contribution in [3.05, 3.63) is 35.0 Å². The Morgan fingerprint density at radius 1 is 1.38 bits per heavy atom. The lowest BCUT2D eigenvalue weighted by Crippen LogP contribution is -2.13. The second-order valence-electron chi connectivity index (χ2n) is 5.95. The molecule has 1 amide bonds. The summed E-state index contributed by atoms with van der Waals surface area (Å²) in [6.07, 6.45) is 2.69. The van der Waals surface area contributed by atoms with Crippen LogP contribution >= 0.6 is 11.3 Å². The number of hydrogen-bond donors (Lipinski definition) is 1. The first-order valence-electron chi connectivity index (χ1n) is 7.71. The second kappa shape index (κ2) is 7.00. The molecular weight excluding hydrogens is 326 g/mol. The predicted octanol–water partition coefficient (Wildman–Crippen LogP) is 3.67. The molecule has 0 saturated carbocycles. The van der Waals surface area contributed by atoms with E-state index in [4.69, 9.17) is 9.15 Å². The van der Waals surface area contributed by atoms with Gasteiger partial charge in [0, 0.05) is 23.4 Å². The van der Waals surface area contributed by atoms with E-state index in [1.807, 2.05) is 12.1 Å². The Morgan fingerprint density at radius 2 is 2.21 bits per heavy atom. The fourth-order valence-electron chi connectivity index (χ4n) is 2.40. The van der Waals surface area contributed by atoms with Gasteiger partial charge in [-0.05, 0) is 18.1 Å². The molecular formula is C17H19N3O3S. The molecule has 0 aliphatic rings. The molecule has 126 valence electrons. The molecule has 3 rings (SSSR count). The van der Waals surface area contributed by atoms with Crippen LogP contribution in [0.1, 0.15) is 24.4 Å². The van der Waals surface area contributed by atoms with Crippen LogP contribution in [0.15, 0.2) is 28.9 Å². The summed E-state index contributed by atoms with van der Waals surface area (Å²) in [4.78, 5) is 12.2. The zero-order valence-corrected chi connectivity index (χ0v) is 14.6. The molecule has 1 aromatic carbocycles. The number of amides is 1. The Bertz CT molecular complexity index is 854. The van der Waals surface area contributed by atoms with Crippen molar-refractivity contribution in [1.82, 2.24) is 10.2 Å². The number of nitrogens with one attached hydrogen (secondary N) is 1. The summed E-state index contributed by atoms with van der Waals surface area (Å²) in [5.41, 5.74) is 1.53.